The Morgan fingerprint density at radius 3 is 3.11 bits per heavy atom. The van der Waals surface area contributed by atoms with E-state index in [4.69, 9.17) is 11.6 Å². The van der Waals surface area contributed by atoms with E-state index in [-0.39, 0.29) is 0 Å². The Morgan fingerprint density at radius 1 is 1.37 bits per heavy atom. The van der Waals surface area contributed by atoms with E-state index >= 15 is 0 Å². The first-order chi connectivity index (χ1) is 9.24. The number of benzene rings is 1. The van der Waals surface area contributed by atoms with Gasteiger partial charge in [0.1, 0.15) is 0 Å². The van der Waals surface area contributed by atoms with Gasteiger partial charge < -0.3 is 10.2 Å². The van der Waals surface area contributed by atoms with E-state index in [1.807, 2.05) is 30.5 Å². The van der Waals surface area contributed by atoms with E-state index in [2.05, 4.69) is 22.2 Å². The van der Waals surface area contributed by atoms with E-state index in [0.717, 1.165) is 28.2 Å². The van der Waals surface area contributed by atoms with Crippen molar-refractivity contribution in [3.63, 3.8) is 0 Å². The van der Waals surface area contributed by atoms with Gasteiger partial charge in [-0.1, -0.05) is 11.6 Å². The molecule has 1 aromatic heterocycles. The zero-order valence-electron chi connectivity index (χ0n) is 11.1. The fourth-order valence-electron chi connectivity index (χ4n) is 2.76. The molecular weight excluding hydrogens is 258 g/mol. The Labute approximate surface area is 118 Å². The second kappa shape index (κ2) is 5.35. The number of hydrogen-bond donors (Lipinski definition) is 1. The fourth-order valence-corrected chi connectivity index (χ4v) is 2.97. The molecule has 19 heavy (non-hydrogen) atoms. The Hall–Kier alpha value is -1.32. The topological polar surface area (TPSA) is 28.2 Å². The molecule has 100 valence electrons. The van der Waals surface area contributed by atoms with Gasteiger partial charge in [-0.15, -0.1) is 0 Å². The summed E-state index contributed by atoms with van der Waals surface area (Å²) in [5.74, 6) is 0. The lowest BCUT2D eigenvalue weighted by molar-refractivity contribution is 0.261. The van der Waals surface area contributed by atoms with Crippen molar-refractivity contribution in [3.05, 3.63) is 35.5 Å². The van der Waals surface area contributed by atoms with Gasteiger partial charge in [-0.25, -0.2) is 0 Å². The van der Waals surface area contributed by atoms with Crippen LogP contribution in [0.1, 0.15) is 12.8 Å². The highest BCUT2D eigenvalue weighted by atomic mass is 35.5. The minimum absolute atomic E-state index is 0.491. The predicted molar refractivity (Wildman–Crippen MR) is 80.9 cm³/mol. The molecule has 2 aromatic rings. The first-order valence-corrected chi connectivity index (χ1v) is 7.10. The van der Waals surface area contributed by atoms with Crippen molar-refractivity contribution in [1.29, 1.82) is 0 Å². The monoisotopic (exact) mass is 275 g/mol. The number of anilines is 1. The van der Waals surface area contributed by atoms with Crippen LogP contribution in [0.4, 0.5) is 5.69 Å². The van der Waals surface area contributed by atoms with E-state index in [9.17, 15) is 0 Å². The van der Waals surface area contributed by atoms with Crippen molar-refractivity contribution >= 4 is 28.2 Å². The lowest BCUT2D eigenvalue weighted by Gasteiger charge is -2.31. The SMILES string of the molecule is CN1CCCC(Nc2ccc(Cl)c3cccnc23)C1. The van der Waals surface area contributed by atoms with Gasteiger partial charge in [0.25, 0.3) is 0 Å². The summed E-state index contributed by atoms with van der Waals surface area (Å²) in [5.41, 5.74) is 2.04. The molecule has 1 N–H and O–H groups in total. The van der Waals surface area contributed by atoms with Gasteiger partial charge in [-0.05, 0) is 50.7 Å². The molecule has 4 heteroatoms. The molecule has 0 spiro atoms. The molecule has 0 aliphatic carbocycles. The van der Waals surface area contributed by atoms with Gasteiger partial charge >= 0.3 is 0 Å². The van der Waals surface area contributed by atoms with Crippen LogP contribution in [-0.4, -0.2) is 36.1 Å². The van der Waals surface area contributed by atoms with Crippen LogP contribution >= 0.6 is 11.6 Å². The number of piperidine rings is 1. The van der Waals surface area contributed by atoms with Crippen molar-refractivity contribution < 1.29 is 0 Å². The number of fused-ring (bicyclic) bond motifs is 1. The zero-order chi connectivity index (χ0) is 13.2. The van der Waals surface area contributed by atoms with Crippen LogP contribution in [0, 0.1) is 0 Å². The Kier molecular flexibility index (Phi) is 3.58. The van der Waals surface area contributed by atoms with E-state index in [1.165, 1.54) is 19.4 Å². The molecule has 1 aliphatic heterocycles. The van der Waals surface area contributed by atoms with Gasteiger partial charge in [0, 0.05) is 24.2 Å². The highest BCUT2D eigenvalue weighted by Crippen LogP contribution is 2.29. The van der Waals surface area contributed by atoms with Crippen molar-refractivity contribution in [2.75, 3.05) is 25.5 Å². The molecule has 0 saturated carbocycles. The maximum Gasteiger partial charge on any atom is 0.0948 e. The summed E-state index contributed by atoms with van der Waals surface area (Å²) < 4.78 is 0. The quantitative estimate of drug-likeness (QED) is 0.911. The third-order valence-electron chi connectivity index (χ3n) is 3.70. The number of halogens is 1. The van der Waals surface area contributed by atoms with Crippen LogP contribution in [0.25, 0.3) is 10.9 Å². The first kappa shape index (κ1) is 12.7. The van der Waals surface area contributed by atoms with Crippen LogP contribution < -0.4 is 5.32 Å². The smallest absolute Gasteiger partial charge is 0.0948 e. The van der Waals surface area contributed by atoms with Crippen molar-refractivity contribution in [2.45, 2.75) is 18.9 Å². The standard InChI is InChI=1S/C15H18ClN3/c1-19-9-3-4-11(10-19)18-14-7-6-13(16)12-5-2-8-17-15(12)14/h2,5-8,11,18H,3-4,9-10H2,1H3. The molecule has 0 bridgehead atoms. The van der Waals surface area contributed by atoms with Crippen molar-refractivity contribution in [1.82, 2.24) is 9.88 Å². The number of aromatic nitrogens is 1. The first-order valence-electron chi connectivity index (χ1n) is 6.72. The summed E-state index contributed by atoms with van der Waals surface area (Å²) in [4.78, 5) is 6.83. The van der Waals surface area contributed by atoms with E-state index in [0.29, 0.717) is 6.04 Å². The van der Waals surface area contributed by atoms with Gasteiger partial charge in [0.05, 0.1) is 16.2 Å². The molecule has 0 radical (unpaired) electrons. The summed E-state index contributed by atoms with van der Waals surface area (Å²) in [6.07, 6.45) is 4.27. The summed E-state index contributed by atoms with van der Waals surface area (Å²) in [5, 5.41) is 5.39. The predicted octanol–water partition coefficient (Wildman–Crippen LogP) is 3.39. The second-order valence-corrected chi connectivity index (χ2v) is 5.65. The number of nitrogens with zero attached hydrogens (tertiary/aromatic N) is 2. The minimum atomic E-state index is 0.491. The maximum atomic E-state index is 6.22. The molecule has 1 saturated heterocycles. The molecule has 1 aromatic carbocycles. The molecule has 3 rings (SSSR count). The average molecular weight is 276 g/mol. The van der Waals surface area contributed by atoms with Gasteiger partial charge in [-0.3, -0.25) is 4.98 Å². The zero-order valence-corrected chi connectivity index (χ0v) is 11.8. The molecule has 1 fully saturated rings. The van der Waals surface area contributed by atoms with E-state index < -0.39 is 0 Å². The Morgan fingerprint density at radius 2 is 2.26 bits per heavy atom. The Bertz CT molecular complexity index is 585. The molecular formula is C15H18ClN3. The Balaban J connectivity index is 1.90. The van der Waals surface area contributed by atoms with E-state index in [1.54, 1.807) is 0 Å². The molecule has 0 amide bonds. The summed E-state index contributed by atoms with van der Waals surface area (Å²) >= 11 is 6.22. The van der Waals surface area contributed by atoms with Crippen LogP contribution in [0.2, 0.25) is 5.02 Å². The normalized spacial score (nSPS) is 20.6. The minimum Gasteiger partial charge on any atom is -0.379 e. The largest absolute Gasteiger partial charge is 0.379 e. The number of rotatable bonds is 2. The van der Waals surface area contributed by atoms with Gasteiger partial charge in [0.15, 0.2) is 0 Å². The lowest BCUT2D eigenvalue weighted by Crippen LogP contribution is -2.39. The molecule has 1 aliphatic rings. The maximum absolute atomic E-state index is 6.22. The average Bonchev–Trinajstić information content (AvgIpc) is 2.42. The van der Waals surface area contributed by atoms with Gasteiger partial charge in [0.2, 0.25) is 0 Å². The highest BCUT2D eigenvalue weighted by Gasteiger charge is 2.18. The highest BCUT2D eigenvalue weighted by molar-refractivity contribution is 6.35. The number of pyridine rings is 1. The number of nitrogens with one attached hydrogen (secondary N) is 1. The number of hydrogen-bond acceptors (Lipinski definition) is 3. The second-order valence-electron chi connectivity index (χ2n) is 5.24. The molecule has 2 heterocycles. The number of likely N-dealkylation sites (tertiary alicyclic amines) is 1. The third-order valence-corrected chi connectivity index (χ3v) is 4.03. The van der Waals surface area contributed by atoms with Crippen LogP contribution in [-0.2, 0) is 0 Å². The molecule has 3 nitrogen and oxygen atoms in total. The fraction of sp³-hybridized carbons (Fsp3) is 0.400. The molecule has 1 unspecified atom stereocenters. The van der Waals surface area contributed by atoms with Crippen molar-refractivity contribution in [2.24, 2.45) is 0 Å². The third kappa shape index (κ3) is 2.67. The van der Waals surface area contributed by atoms with Crippen LogP contribution in [0.15, 0.2) is 30.5 Å². The van der Waals surface area contributed by atoms with Crippen LogP contribution in [0.3, 0.4) is 0 Å². The van der Waals surface area contributed by atoms with Gasteiger partial charge in [-0.2, -0.15) is 0 Å². The summed E-state index contributed by atoms with van der Waals surface area (Å²) in [6.45, 7) is 2.27. The van der Waals surface area contributed by atoms with Crippen LogP contribution in [0.5, 0.6) is 0 Å². The van der Waals surface area contributed by atoms with Crippen molar-refractivity contribution in [3.8, 4) is 0 Å². The summed E-state index contributed by atoms with van der Waals surface area (Å²) in [6, 6.07) is 8.41. The molecule has 1 atom stereocenters. The lowest BCUT2D eigenvalue weighted by atomic mass is 10.1. The number of likely N-dealkylation sites (N-methyl/N-ethyl adjacent to an activating group) is 1. The summed E-state index contributed by atoms with van der Waals surface area (Å²) in [7, 11) is 2.17.